The molecule has 2 N–H and O–H groups in total. The highest BCUT2D eigenvalue weighted by atomic mass is 32.2. The van der Waals surface area contributed by atoms with Crippen molar-refractivity contribution in [2.75, 3.05) is 13.2 Å². The highest BCUT2D eigenvalue weighted by Crippen LogP contribution is 2.34. The maximum absolute atomic E-state index is 12.7. The highest BCUT2D eigenvalue weighted by Gasteiger charge is 2.54. The van der Waals surface area contributed by atoms with Crippen molar-refractivity contribution in [3.05, 3.63) is 30.1 Å². The predicted molar refractivity (Wildman–Crippen MR) is 56.0 cm³/mol. The largest absolute Gasteiger partial charge is 0.396 e. The minimum Gasteiger partial charge on any atom is -0.396 e. The van der Waals surface area contributed by atoms with E-state index >= 15 is 0 Å². The molecule has 1 aliphatic rings. The van der Waals surface area contributed by atoms with E-state index in [-0.39, 0.29) is 17.9 Å². The second-order valence-electron chi connectivity index (χ2n) is 3.78. The molecule has 0 spiro atoms. The third-order valence-electron chi connectivity index (χ3n) is 2.73. The van der Waals surface area contributed by atoms with E-state index in [0.29, 0.717) is 6.54 Å². The van der Waals surface area contributed by atoms with E-state index in [1.807, 2.05) is 0 Å². The van der Waals surface area contributed by atoms with Gasteiger partial charge in [0.15, 0.2) is 9.84 Å². The lowest BCUT2D eigenvalue weighted by Crippen LogP contribution is -2.29. The molecule has 0 aromatic heterocycles. The van der Waals surface area contributed by atoms with Crippen molar-refractivity contribution >= 4 is 9.84 Å². The molecule has 4 nitrogen and oxygen atoms in total. The Labute approximate surface area is 93.0 Å². The van der Waals surface area contributed by atoms with E-state index < -0.39 is 20.5 Å². The zero-order valence-electron chi connectivity index (χ0n) is 8.48. The van der Waals surface area contributed by atoms with Gasteiger partial charge in [-0.15, -0.1) is 0 Å². The van der Waals surface area contributed by atoms with Crippen LogP contribution in [0.2, 0.25) is 0 Å². The van der Waals surface area contributed by atoms with Crippen LogP contribution >= 0.6 is 0 Å². The number of hydrogen-bond donors (Lipinski definition) is 2. The lowest BCUT2D eigenvalue weighted by atomic mass is 10.3. The SMILES string of the molecule is O=S(=O)(c1ccc(F)cc1)[C@]1(CCO)CN1. The molecular weight excluding hydrogens is 233 g/mol. The van der Waals surface area contributed by atoms with Crippen LogP contribution in [0.4, 0.5) is 4.39 Å². The molecule has 1 atom stereocenters. The Morgan fingerprint density at radius 2 is 1.94 bits per heavy atom. The van der Waals surface area contributed by atoms with Crippen molar-refractivity contribution in [2.24, 2.45) is 0 Å². The monoisotopic (exact) mass is 245 g/mol. The van der Waals surface area contributed by atoms with Crippen molar-refractivity contribution in [1.29, 1.82) is 0 Å². The van der Waals surface area contributed by atoms with E-state index in [2.05, 4.69) is 5.32 Å². The third kappa shape index (κ3) is 1.73. The summed E-state index contributed by atoms with van der Waals surface area (Å²) in [5, 5.41) is 11.6. The molecule has 2 rings (SSSR count). The summed E-state index contributed by atoms with van der Waals surface area (Å²) in [6.07, 6.45) is 0.146. The number of benzene rings is 1. The fourth-order valence-corrected chi connectivity index (χ4v) is 3.38. The first kappa shape index (κ1) is 11.5. The molecule has 0 saturated carbocycles. The predicted octanol–water partition coefficient (Wildman–Crippen LogP) is 0.281. The molecule has 6 heteroatoms. The van der Waals surface area contributed by atoms with E-state index in [0.717, 1.165) is 12.1 Å². The van der Waals surface area contributed by atoms with Crippen molar-refractivity contribution < 1.29 is 17.9 Å². The van der Waals surface area contributed by atoms with E-state index in [9.17, 15) is 12.8 Å². The molecule has 1 aromatic carbocycles. The van der Waals surface area contributed by atoms with Crippen LogP contribution in [0.25, 0.3) is 0 Å². The van der Waals surface area contributed by atoms with Crippen LogP contribution in [0.5, 0.6) is 0 Å². The van der Waals surface area contributed by atoms with Gasteiger partial charge in [-0.2, -0.15) is 0 Å². The molecule has 1 heterocycles. The molecule has 1 saturated heterocycles. The first-order valence-electron chi connectivity index (χ1n) is 4.88. The quantitative estimate of drug-likeness (QED) is 0.590. The average molecular weight is 245 g/mol. The number of nitrogens with one attached hydrogen (secondary N) is 1. The number of rotatable bonds is 4. The van der Waals surface area contributed by atoms with Crippen LogP contribution in [-0.2, 0) is 9.84 Å². The molecule has 0 unspecified atom stereocenters. The summed E-state index contributed by atoms with van der Waals surface area (Å²) in [6.45, 7) is 0.126. The molecule has 0 radical (unpaired) electrons. The number of aliphatic hydroxyl groups is 1. The molecule has 1 aromatic rings. The molecule has 1 fully saturated rings. The fraction of sp³-hybridized carbons (Fsp3) is 0.400. The third-order valence-corrected chi connectivity index (χ3v) is 5.14. The minimum atomic E-state index is -3.54. The average Bonchev–Trinajstić information content (AvgIpc) is 3.00. The van der Waals surface area contributed by atoms with Gasteiger partial charge in [0.2, 0.25) is 0 Å². The van der Waals surface area contributed by atoms with Gasteiger partial charge in [-0.25, -0.2) is 12.8 Å². The van der Waals surface area contributed by atoms with Gasteiger partial charge < -0.3 is 5.11 Å². The lowest BCUT2D eigenvalue weighted by Gasteiger charge is -2.13. The Balaban J connectivity index is 2.36. The smallest absolute Gasteiger partial charge is 0.198 e. The van der Waals surface area contributed by atoms with Crippen LogP contribution < -0.4 is 5.32 Å². The first-order valence-corrected chi connectivity index (χ1v) is 6.36. The van der Waals surface area contributed by atoms with Gasteiger partial charge in [-0.1, -0.05) is 0 Å². The van der Waals surface area contributed by atoms with Gasteiger partial charge in [0.1, 0.15) is 10.7 Å². The standard InChI is InChI=1S/C10H12FNO3S/c11-8-1-3-9(4-2-8)16(14,15)10(5-6-13)7-12-10/h1-4,12-13H,5-7H2/t10-/m1/s1. The lowest BCUT2D eigenvalue weighted by molar-refractivity contribution is 0.282. The summed E-state index contributed by atoms with van der Waals surface area (Å²) in [6, 6.07) is 4.71. The van der Waals surface area contributed by atoms with Gasteiger partial charge in [-0.3, -0.25) is 5.32 Å². The van der Waals surface area contributed by atoms with E-state index in [1.165, 1.54) is 12.1 Å². The zero-order valence-corrected chi connectivity index (χ0v) is 9.30. The summed E-state index contributed by atoms with van der Waals surface area (Å²) < 4.78 is 36.9. The Kier molecular flexibility index (Phi) is 2.73. The number of hydrogen-bond acceptors (Lipinski definition) is 4. The van der Waals surface area contributed by atoms with Crippen molar-refractivity contribution in [3.8, 4) is 0 Å². The maximum atomic E-state index is 12.7. The molecule has 1 aliphatic heterocycles. The van der Waals surface area contributed by atoms with Gasteiger partial charge in [0, 0.05) is 19.6 Å². The number of sulfone groups is 1. The minimum absolute atomic E-state index is 0.0763. The summed E-state index contributed by atoms with van der Waals surface area (Å²) in [4.78, 5) is -0.980. The molecule has 88 valence electrons. The first-order chi connectivity index (χ1) is 7.52. The summed E-state index contributed by atoms with van der Waals surface area (Å²) in [5.41, 5.74) is 0. The van der Waals surface area contributed by atoms with Gasteiger partial charge in [0.05, 0.1) is 4.90 Å². The second-order valence-corrected chi connectivity index (χ2v) is 6.04. The van der Waals surface area contributed by atoms with Crippen LogP contribution in [0.15, 0.2) is 29.2 Å². The van der Waals surface area contributed by atoms with Crippen molar-refractivity contribution in [2.45, 2.75) is 16.2 Å². The van der Waals surface area contributed by atoms with Crippen LogP contribution in [0.1, 0.15) is 6.42 Å². The van der Waals surface area contributed by atoms with E-state index in [4.69, 9.17) is 5.11 Å². The van der Waals surface area contributed by atoms with E-state index in [1.54, 1.807) is 0 Å². The molecule has 0 bridgehead atoms. The molecule has 0 aliphatic carbocycles. The molecule has 16 heavy (non-hydrogen) atoms. The molecular formula is C10H12FNO3S. The second kappa shape index (κ2) is 3.80. The van der Waals surface area contributed by atoms with Gasteiger partial charge in [0.25, 0.3) is 0 Å². The Hall–Kier alpha value is -0.980. The maximum Gasteiger partial charge on any atom is 0.198 e. The Bertz CT molecular complexity index is 479. The number of halogens is 1. The summed E-state index contributed by atoms with van der Waals surface area (Å²) in [7, 11) is -3.54. The van der Waals surface area contributed by atoms with Crippen molar-refractivity contribution in [1.82, 2.24) is 5.32 Å². The van der Waals surface area contributed by atoms with Gasteiger partial charge in [-0.05, 0) is 24.3 Å². The fourth-order valence-electron chi connectivity index (χ4n) is 1.62. The highest BCUT2D eigenvalue weighted by molar-refractivity contribution is 7.93. The topological polar surface area (TPSA) is 76.3 Å². The van der Waals surface area contributed by atoms with Crippen molar-refractivity contribution in [3.63, 3.8) is 0 Å². The van der Waals surface area contributed by atoms with Gasteiger partial charge >= 0.3 is 0 Å². The Morgan fingerprint density at radius 1 is 1.38 bits per heavy atom. The normalized spacial score (nSPS) is 24.4. The van der Waals surface area contributed by atoms with Crippen LogP contribution in [-0.4, -0.2) is 31.5 Å². The van der Waals surface area contributed by atoms with Crippen LogP contribution in [0, 0.1) is 5.82 Å². The summed E-state index contributed by atoms with van der Waals surface area (Å²) in [5.74, 6) is -0.473. The molecule has 0 amide bonds. The summed E-state index contributed by atoms with van der Waals surface area (Å²) >= 11 is 0. The number of aliphatic hydroxyl groups excluding tert-OH is 1. The van der Waals surface area contributed by atoms with Crippen LogP contribution in [0.3, 0.4) is 0 Å². The zero-order chi connectivity index (χ0) is 11.8. The Morgan fingerprint density at radius 3 is 2.38 bits per heavy atom.